The maximum Gasteiger partial charge on any atom is 0.264 e. The first-order chi connectivity index (χ1) is 16.2. The Morgan fingerprint density at radius 3 is 2.41 bits per heavy atom. The normalized spacial score (nSPS) is 14.8. The van der Waals surface area contributed by atoms with Gasteiger partial charge in [-0.2, -0.15) is 0 Å². The van der Waals surface area contributed by atoms with E-state index >= 15 is 0 Å². The maximum absolute atomic E-state index is 13.7. The first-order valence-corrected chi connectivity index (χ1v) is 13.4. The lowest BCUT2D eigenvalue weighted by molar-refractivity contribution is -0.117. The molecular weight excluding hydrogens is 452 g/mol. The summed E-state index contributed by atoms with van der Waals surface area (Å²) in [5, 5.41) is 0. The Labute approximate surface area is 203 Å². The van der Waals surface area contributed by atoms with Crippen molar-refractivity contribution in [2.24, 2.45) is 17.6 Å². The number of hydrogen-bond donors (Lipinski definition) is 1. The molecule has 7 nitrogen and oxygen atoms in total. The highest BCUT2D eigenvalue weighted by Crippen LogP contribution is 2.30. The number of nitrogens with two attached hydrogens (primary N) is 1. The number of nitrogens with zero attached hydrogens (tertiary/aromatic N) is 1. The Morgan fingerprint density at radius 2 is 1.82 bits per heavy atom. The summed E-state index contributed by atoms with van der Waals surface area (Å²) in [5.41, 5.74) is 7.70. The number of ether oxygens (including phenoxy) is 2. The van der Waals surface area contributed by atoms with Crippen molar-refractivity contribution < 1.29 is 22.7 Å². The highest BCUT2D eigenvalue weighted by Gasteiger charge is 2.27. The first-order valence-electron chi connectivity index (χ1n) is 11.9. The Morgan fingerprint density at radius 1 is 1.15 bits per heavy atom. The Balaban J connectivity index is 1.92. The summed E-state index contributed by atoms with van der Waals surface area (Å²) in [6.07, 6.45) is 2.61. The Hall–Kier alpha value is -2.58. The van der Waals surface area contributed by atoms with Crippen LogP contribution in [0.5, 0.6) is 5.75 Å². The van der Waals surface area contributed by atoms with Crippen LogP contribution in [0.25, 0.3) is 0 Å². The molecule has 1 aliphatic heterocycles. The number of rotatable bonds is 11. The van der Waals surface area contributed by atoms with Crippen molar-refractivity contribution in [3.63, 3.8) is 0 Å². The molecule has 0 bridgehead atoms. The minimum Gasteiger partial charge on any atom is -0.493 e. The molecule has 2 aromatic carbocycles. The topological polar surface area (TPSA) is 98.9 Å². The van der Waals surface area contributed by atoms with Crippen molar-refractivity contribution in [1.29, 1.82) is 0 Å². The van der Waals surface area contributed by atoms with E-state index in [0.717, 1.165) is 24.8 Å². The van der Waals surface area contributed by atoms with Crippen molar-refractivity contribution in [2.45, 2.75) is 51.3 Å². The average Bonchev–Trinajstić information content (AvgIpc) is 2.82. The van der Waals surface area contributed by atoms with Gasteiger partial charge < -0.3 is 15.2 Å². The second kappa shape index (κ2) is 11.7. The molecule has 0 unspecified atom stereocenters. The molecule has 8 heteroatoms. The van der Waals surface area contributed by atoms with Crippen LogP contribution in [0.15, 0.2) is 47.4 Å². The van der Waals surface area contributed by atoms with Crippen LogP contribution in [-0.2, 0) is 32.4 Å². The zero-order valence-corrected chi connectivity index (χ0v) is 21.1. The third-order valence-electron chi connectivity index (χ3n) is 5.96. The van der Waals surface area contributed by atoms with Gasteiger partial charge in [-0.05, 0) is 67.0 Å². The van der Waals surface area contributed by atoms with E-state index in [9.17, 15) is 13.2 Å². The maximum atomic E-state index is 13.7. The van der Waals surface area contributed by atoms with E-state index in [0.29, 0.717) is 49.3 Å². The van der Waals surface area contributed by atoms with Gasteiger partial charge in [-0.1, -0.05) is 32.9 Å². The molecule has 1 heterocycles. The summed E-state index contributed by atoms with van der Waals surface area (Å²) in [7, 11) is -3.87. The molecule has 0 aromatic heterocycles. The van der Waals surface area contributed by atoms with Crippen molar-refractivity contribution in [2.75, 3.05) is 30.7 Å². The minimum atomic E-state index is -3.87. The van der Waals surface area contributed by atoms with Crippen molar-refractivity contribution in [3.8, 4) is 5.75 Å². The number of sulfonamides is 1. The second-order valence-electron chi connectivity index (χ2n) is 9.23. The van der Waals surface area contributed by atoms with Crippen LogP contribution in [0.3, 0.4) is 0 Å². The number of hydrogen-bond acceptors (Lipinski definition) is 5. The highest BCUT2D eigenvalue weighted by atomic mass is 32.2. The number of aryl methyl sites for hydroxylation is 1. The molecule has 3 rings (SSSR count). The number of primary amides is 1. The lowest BCUT2D eigenvalue weighted by Gasteiger charge is -2.27. The molecule has 1 saturated heterocycles. The van der Waals surface area contributed by atoms with E-state index in [1.54, 1.807) is 12.1 Å². The molecule has 0 saturated carbocycles. The molecule has 1 aliphatic rings. The third-order valence-corrected chi connectivity index (χ3v) is 7.75. The summed E-state index contributed by atoms with van der Waals surface area (Å²) in [5.74, 6) is 0.436. The van der Waals surface area contributed by atoms with E-state index in [4.69, 9.17) is 15.2 Å². The summed E-state index contributed by atoms with van der Waals surface area (Å²) in [6, 6.07) is 12.3. The zero-order chi connectivity index (χ0) is 24.7. The molecule has 0 spiro atoms. The van der Waals surface area contributed by atoms with Gasteiger partial charge in [-0.25, -0.2) is 8.42 Å². The van der Waals surface area contributed by atoms with E-state index in [1.165, 1.54) is 10.4 Å². The van der Waals surface area contributed by atoms with Gasteiger partial charge in [0.2, 0.25) is 5.91 Å². The second-order valence-corrected chi connectivity index (χ2v) is 11.1. The summed E-state index contributed by atoms with van der Waals surface area (Å²) in [4.78, 5) is 11.9. The van der Waals surface area contributed by atoms with Crippen LogP contribution >= 0.6 is 0 Å². The number of carbonyl (C=O) groups excluding carboxylic acids is 1. The van der Waals surface area contributed by atoms with Crippen LogP contribution in [0.2, 0.25) is 0 Å². The van der Waals surface area contributed by atoms with Crippen LogP contribution in [0.1, 0.15) is 44.7 Å². The molecule has 0 radical (unpaired) electrons. The minimum absolute atomic E-state index is 0.0954. The number of amides is 1. The van der Waals surface area contributed by atoms with Crippen molar-refractivity contribution in [1.82, 2.24) is 0 Å². The molecule has 0 aliphatic carbocycles. The summed E-state index contributed by atoms with van der Waals surface area (Å²) in [6.45, 7) is 8.27. The number of anilines is 1. The molecule has 2 aromatic rings. The fourth-order valence-electron chi connectivity index (χ4n) is 4.00. The van der Waals surface area contributed by atoms with Gasteiger partial charge in [-0.3, -0.25) is 9.10 Å². The lowest BCUT2D eigenvalue weighted by Crippen LogP contribution is -2.34. The van der Waals surface area contributed by atoms with Gasteiger partial charge >= 0.3 is 0 Å². The van der Waals surface area contributed by atoms with Gasteiger partial charge in [0.25, 0.3) is 10.0 Å². The predicted octanol–water partition coefficient (Wildman–Crippen LogP) is 3.93. The molecule has 0 atom stereocenters. The van der Waals surface area contributed by atoms with E-state index < -0.39 is 15.9 Å². The van der Waals surface area contributed by atoms with E-state index in [-0.39, 0.29) is 17.2 Å². The van der Waals surface area contributed by atoms with Gasteiger partial charge in [-0.15, -0.1) is 0 Å². The molecule has 34 heavy (non-hydrogen) atoms. The largest absolute Gasteiger partial charge is 0.493 e. The van der Waals surface area contributed by atoms with Gasteiger partial charge in [0, 0.05) is 25.3 Å². The predicted molar refractivity (Wildman–Crippen MR) is 134 cm³/mol. The Kier molecular flexibility index (Phi) is 8.97. The van der Waals surface area contributed by atoms with E-state index in [2.05, 4.69) is 6.92 Å². The van der Waals surface area contributed by atoms with Crippen LogP contribution < -0.4 is 14.8 Å². The monoisotopic (exact) mass is 488 g/mol. The first kappa shape index (κ1) is 26.0. The fraction of sp³-hybridized carbons (Fsp3) is 0.500. The standard InChI is InChI=1S/C26H36N2O5S/c1-4-20-5-7-23(8-6-20)28(17-19(2)3)34(30,31)24-9-10-25(22(15-24)16-26(27)29)33-18-21-11-13-32-14-12-21/h5-10,15,19,21H,4,11-14,16-18H2,1-3H3,(H2,27,29). The molecule has 2 N–H and O–H groups in total. The summed E-state index contributed by atoms with van der Waals surface area (Å²) < 4.78 is 40.3. The fourth-order valence-corrected chi connectivity index (χ4v) is 5.68. The zero-order valence-electron chi connectivity index (χ0n) is 20.3. The molecule has 186 valence electrons. The molecule has 1 fully saturated rings. The van der Waals surface area contributed by atoms with Gasteiger partial charge in [0.15, 0.2) is 0 Å². The van der Waals surface area contributed by atoms with E-state index in [1.807, 2.05) is 38.1 Å². The quantitative estimate of drug-likeness (QED) is 0.517. The molecule has 1 amide bonds. The van der Waals surface area contributed by atoms with Gasteiger partial charge in [0.1, 0.15) is 5.75 Å². The average molecular weight is 489 g/mol. The third kappa shape index (κ3) is 6.73. The SMILES string of the molecule is CCc1ccc(N(CC(C)C)S(=O)(=O)c2ccc(OCC3CCOCC3)c(CC(N)=O)c2)cc1. The van der Waals surface area contributed by atoms with Crippen molar-refractivity contribution >= 4 is 21.6 Å². The van der Waals surface area contributed by atoms with Crippen LogP contribution in [-0.4, -0.2) is 40.7 Å². The number of benzene rings is 2. The van der Waals surface area contributed by atoms with Crippen LogP contribution in [0.4, 0.5) is 5.69 Å². The van der Waals surface area contributed by atoms with Gasteiger partial charge in [0.05, 0.1) is 23.6 Å². The summed E-state index contributed by atoms with van der Waals surface area (Å²) >= 11 is 0. The van der Waals surface area contributed by atoms with Crippen molar-refractivity contribution in [3.05, 3.63) is 53.6 Å². The molecular formula is C26H36N2O5S. The van der Waals surface area contributed by atoms with Crippen LogP contribution in [0, 0.1) is 11.8 Å². The Bertz CT molecular complexity index is 1060. The highest BCUT2D eigenvalue weighted by molar-refractivity contribution is 7.92. The smallest absolute Gasteiger partial charge is 0.264 e. The number of carbonyl (C=O) groups is 1. The lowest BCUT2D eigenvalue weighted by atomic mass is 10.0.